The van der Waals surface area contributed by atoms with Gasteiger partial charge in [-0.05, 0) is 147 Å². The number of aromatic nitrogens is 7. The number of pyridine rings is 7. The number of hydrogen-bond donors (Lipinski definition) is 3. The first-order chi connectivity index (χ1) is 62.6. The number of alkyl halides is 16. The van der Waals surface area contributed by atoms with Crippen molar-refractivity contribution in [2.24, 2.45) is 0 Å². The molecule has 132 heavy (non-hydrogen) atoms. The van der Waals surface area contributed by atoms with E-state index in [1.165, 1.54) is 39.2 Å². The monoisotopic (exact) mass is 1850 g/mol. The number of rotatable bonds is 19. The van der Waals surface area contributed by atoms with E-state index < -0.39 is 91.4 Å². The van der Waals surface area contributed by atoms with Gasteiger partial charge in [-0.3, -0.25) is 33.9 Å². The molecule has 38 heteroatoms. The molecular formula is C94H91F16N13O9. The van der Waals surface area contributed by atoms with Gasteiger partial charge in [-0.2, -0.15) is 71.1 Å². The van der Waals surface area contributed by atoms with E-state index in [0.717, 1.165) is 105 Å². The minimum absolute atomic E-state index is 0.0133. The summed E-state index contributed by atoms with van der Waals surface area (Å²) < 4.78 is 213. The van der Waals surface area contributed by atoms with Crippen LogP contribution >= 0.6 is 0 Å². The number of nitriles is 1. The molecule has 5 saturated heterocycles. The number of halogens is 16. The maximum absolute atomic E-state index is 13.1. The normalized spacial score (nSPS) is 15.2. The van der Waals surface area contributed by atoms with Crippen molar-refractivity contribution < 1.29 is 114 Å². The molecule has 698 valence electrons. The molecule has 0 atom stereocenters. The molecule has 0 saturated carbocycles. The number of amides is 5. The van der Waals surface area contributed by atoms with Gasteiger partial charge in [0.05, 0.1) is 98.0 Å². The summed E-state index contributed by atoms with van der Waals surface area (Å²) in [6.45, 7) is 8.46. The molecule has 3 N–H and O–H groups in total. The SMILES string of the molecule is Cc1cc(C(F)(F)F)nc(-c2ccc(CN3CCCC3=O)nc2)c1CO.Cc1cc(C(F)(F)F)nc(-c2ccc(CN3CCCCCC3=O)cc2)c1CO.Cc1cc(C(F)(F)F)nc(-c2ccc(CN3CCOCCC3=O)cc2)c1CO.N#Cc1ccc(C(F)(F)F)nc1-c1ccc(CN2CCCC2=O)nc1.O=C1CCCN1Cc1ccc(-c2ccc(CF)c(C(F)(F)F)n2)cc1. The van der Waals surface area contributed by atoms with E-state index in [-0.39, 0.29) is 63.6 Å². The standard InChI is InChI=1S/C21H23F3N2O2.C20H21F3N2O3.C18H16F4N2O.C18H18F3N3O2.C17H13F3N4O/c1-14-11-18(21(22,23)24)25-20(17(14)13-27)16-8-6-15(7-9-16)12-26-10-4-2-3-5-19(26)28;1-13-10-17(20(21,22)23)24-19(16(13)12-26)15-4-2-14(3-5-15)11-25-7-9-28-8-6-18(25)27;19-10-14-7-8-15(23-17(14)18(20,21)22)13-5-3-12(4-6-13)11-24-9-1-2-16(24)25;1-11-7-15(18(19,20)21)23-17(14(11)10-25)12-4-5-13(22-8-12)9-24-6-2-3-16(24)26;18-17(19,20)14-6-4-11(8-21)16(23-14)12-3-5-13(22-9-12)10-24-7-1-2-15(24)25/h6-9,11,27H,2-5,10,12-13H2,1H3;2-5,10,26H,6-9,11-12H2,1H3;3-8H,1-2,9-11H2;4-5,7-8,25H,2-3,6,9-10H2,1H3;3-6,9H,1-2,7,10H2. The summed E-state index contributed by atoms with van der Waals surface area (Å²) in [5, 5.41) is 37.9. The number of likely N-dealkylation sites (tertiary alicyclic amines) is 4. The van der Waals surface area contributed by atoms with Crippen LogP contribution in [0.15, 0.2) is 152 Å². The zero-order valence-corrected chi connectivity index (χ0v) is 71.7. The van der Waals surface area contributed by atoms with Crippen LogP contribution in [0.4, 0.5) is 70.2 Å². The van der Waals surface area contributed by atoms with Crippen LogP contribution in [0.1, 0.15) is 172 Å². The van der Waals surface area contributed by atoms with Crippen LogP contribution in [0.3, 0.4) is 0 Å². The number of hydrogen-bond acceptors (Lipinski definition) is 17. The topological polar surface area (TPSA) is 285 Å². The van der Waals surface area contributed by atoms with E-state index in [1.54, 1.807) is 117 Å². The van der Waals surface area contributed by atoms with E-state index in [2.05, 4.69) is 34.9 Å². The Morgan fingerprint density at radius 1 is 0.364 bits per heavy atom. The van der Waals surface area contributed by atoms with Gasteiger partial charge in [0.1, 0.15) is 35.5 Å². The molecule has 5 amide bonds. The van der Waals surface area contributed by atoms with E-state index in [1.807, 2.05) is 11.0 Å². The highest BCUT2D eigenvalue weighted by molar-refractivity contribution is 5.80. The predicted molar refractivity (Wildman–Crippen MR) is 449 cm³/mol. The molecule has 3 aromatic carbocycles. The first-order valence-electron chi connectivity index (χ1n) is 42.0. The lowest BCUT2D eigenvalue weighted by Crippen LogP contribution is -2.31. The highest BCUT2D eigenvalue weighted by atomic mass is 19.4. The minimum Gasteiger partial charge on any atom is -0.392 e. The number of carbonyl (C=O) groups is 5. The number of carbonyl (C=O) groups excluding carboxylic acids is 5. The maximum Gasteiger partial charge on any atom is 0.433 e. The van der Waals surface area contributed by atoms with Crippen molar-refractivity contribution in [1.29, 1.82) is 5.26 Å². The second-order valence-corrected chi connectivity index (χ2v) is 31.7. The molecule has 0 unspecified atom stereocenters. The van der Waals surface area contributed by atoms with Gasteiger partial charge in [0, 0.05) is 141 Å². The van der Waals surface area contributed by atoms with E-state index in [9.17, 15) is 110 Å². The minimum atomic E-state index is -4.70. The van der Waals surface area contributed by atoms with E-state index >= 15 is 0 Å². The molecule has 10 aromatic rings. The summed E-state index contributed by atoms with van der Waals surface area (Å²) in [4.78, 5) is 94.7. The Labute approximate surface area is 748 Å². The van der Waals surface area contributed by atoms with Gasteiger partial charge < -0.3 is 44.6 Å². The van der Waals surface area contributed by atoms with Crippen LogP contribution in [0, 0.1) is 32.1 Å². The largest absolute Gasteiger partial charge is 0.433 e. The van der Waals surface area contributed by atoms with Crippen LogP contribution in [-0.2, 0) is 119 Å². The Bertz CT molecular complexity index is 5620. The first kappa shape index (κ1) is 99.8. The van der Waals surface area contributed by atoms with Crippen LogP contribution in [0.5, 0.6) is 0 Å². The summed E-state index contributed by atoms with van der Waals surface area (Å²) in [6.07, 6.45) is -12.2. The Hall–Kier alpha value is -12.7. The van der Waals surface area contributed by atoms with Crippen LogP contribution in [0.2, 0.25) is 0 Å². The Morgan fingerprint density at radius 2 is 0.720 bits per heavy atom. The first-order valence-corrected chi connectivity index (χ1v) is 42.0. The number of benzene rings is 3. The van der Waals surface area contributed by atoms with Crippen LogP contribution in [0.25, 0.3) is 56.3 Å². The lowest BCUT2D eigenvalue weighted by Gasteiger charge is -2.21. The van der Waals surface area contributed by atoms with Crippen LogP contribution in [-0.4, -0.2) is 150 Å². The van der Waals surface area contributed by atoms with Gasteiger partial charge in [-0.1, -0.05) is 85.3 Å². The third-order valence-electron chi connectivity index (χ3n) is 22.3. The molecule has 5 aliphatic heterocycles. The van der Waals surface area contributed by atoms with Crippen molar-refractivity contribution in [2.45, 2.75) is 182 Å². The average molecular weight is 1850 g/mol. The fourth-order valence-corrected chi connectivity index (χ4v) is 15.2. The molecule has 5 fully saturated rings. The summed E-state index contributed by atoms with van der Waals surface area (Å²) in [7, 11) is 0. The molecule has 0 bridgehead atoms. The number of aliphatic hydroxyl groups is 3. The maximum atomic E-state index is 13.1. The summed E-state index contributed by atoms with van der Waals surface area (Å²) in [6, 6.07) is 36.2. The molecule has 0 aliphatic carbocycles. The van der Waals surface area contributed by atoms with E-state index in [4.69, 9.17) is 10.00 Å². The molecule has 5 aliphatic rings. The number of aryl methyl sites for hydroxylation is 3. The Balaban J connectivity index is 0.000000159. The van der Waals surface area contributed by atoms with E-state index in [0.29, 0.717) is 170 Å². The smallest absolute Gasteiger partial charge is 0.392 e. The van der Waals surface area contributed by atoms with Crippen molar-refractivity contribution in [3.63, 3.8) is 0 Å². The summed E-state index contributed by atoms with van der Waals surface area (Å²) in [5.74, 6) is 0.409. The summed E-state index contributed by atoms with van der Waals surface area (Å²) >= 11 is 0. The summed E-state index contributed by atoms with van der Waals surface area (Å²) in [5.41, 5.74) is 2.93. The fourth-order valence-electron chi connectivity index (χ4n) is 15.2. The van der Waals surface area contributed by atoms with Crippen molar-refractivity contribution in [1.82, 2.24) is 59.4 Å². The average Bonchev–Trinajstić information content (AvgIpc) is 0.857. The molecular weight excluding hydrogens is 1760 g/mol. The number of ether oxygens (including phenoxy) is 1. The number of nitrogens with zero attached hydrogens (tertiary/aromatic N) is 13. The van der Waals surface area contributed by atoms with Gasteiger partial charge in [-0.15, -0.1) is 0 Å². The van der Waals surface area contributed by atoms with Crippen molar-refractivity contribution in [3.05, 3.63) is 253 Å². The third kappa shape index (κ3) is 26.4. The second-order valence-electron chi connectivity index (χ2n) is 31.7. The molecule has 12 heterocycles. The molecule has 15 rings (SSSR count). The van der Waals surface area contributed by atoms with Gasteiger partial charge in [0.15, 0.2) is 5.69 Å². The van der Waals surface area contributed by atoms with Crippen molar-refractivity contribution in [2.75, 3.05) is 45.9 Å². The third-order valence-corrected chi connectivity index (χ3v) is 22.3. The lowest BCUT2D eigenvalue weighted by atomic mass is 10.00. The second kappa shape index (κ2) is 44.0. The van der Waals surface area contributed by atoms with Gasteiger partial charge in [0.2, 0.25) is 29.5 Å². The molecule has 0 spiro atoms. The Kier molecular flexibility index (Phi) is 33.3. The molecule has 7 aromatic heterocycles. The lowest BCUT2D eigenvalue weighted by molar-refractivity contribution is -0.142. The van der Waals surface area contributed by atoms with Crippen molar-refractivity contribution >= 4 is 29.5 Å². The highest BCUT2D eigenvalue weighted by Crippen LogP contribution is 2.40. The Morgan fingerprint density at radius 3 is 1.09 bits per heavy atom. The predicted octanol–water partition coefficient (Wildman–Crippen LogP) is 18.4. The van der Waals surface area contributed by atoms with Crippen LogP contribution < -0.4 is 0 Å². The fraction of sp³-hybridized carbons (Fsp3) is 0.372. The van der Waals surface area contributed by atoms with Crippen molar-refractivity contribution in [3.8, 4) is 62.4 Å². The zero-order valence-electron chi connectivity index (χ0n) is 71.7. The van der Waals surface area contributed by atoms with Gasteiger partial charge >= 0.3 is 30.9 Å². The number of aliphatic hydroxyl groups excluding tert-OH is 3. The molecule has 0 radical (unpaired) electrons. The van der Waals surface area contributed by atoms with Gasteiger partial charge in [-0.25, -0.2) is 29.3 Å². The molecule has 22 nitrogen and oxygen atoms in total. The quantitative estimate of drug-likeness (QED) is 0.0634. The zero-order chi connectivity index (χ0) is 95.6. The van der Waals surface area contributed by atoms with Gasteiger partial charge in [0.25, 0.3) is 0 Å². The highest BCUT2D eigenvalue weighted by Gasteiger charge is 2.40.